The Morgan fingerprint density at radius 2 is 2.20 bits per heavy atom. The van der Waals surface area contributed by atoms with Crippen molar-refractivity contribution in [2.24, 2.45) is 0 Å². The third kappa shape index (κ3) is 2.92. The number of hydrogen-bond acceptors (Lipinski definition) is 3. The number of rotatable bonds is 4. The van der Waals surface area contributed by atoms with Crippen molar-refractivity contribution in [1.29, 1.82) is 0 Å². The van der Waals surface area contributed by atoms with Gasteiger partial charge < -0.3 is 14.8 Å². The van der Waals surface area contributed by atoms with Crippen molar-refractivity contribution in [2.75, 3.05) is 0 Å². The highest BCUT2D eigenvalue weighted by molar-refractivity contribution is 5.85. The van der Waals surface area contributed by atoms with E-state index in [1.54, 1.807) is 6.92 Å². The summed E-state index contributed by atoms with van der Waals surface area (Å²) >= 11 is 0. The van der Waals surface area contributed by atoms with Gasteiger partial charge in [0.15, 0.2) is 0 Å². The van der Waals surface area contributed by atoms with Crippen LogP contribution in [0.4, 0.5) is 0 Å². The van der Waals surface area contributed by atoms with Gasteiger partial charge in [0.1, 0.15) is 5.69 Å². The molecule has 5 nitrogen and oxygen atoms in total. The number of carboxylic acid groups (broad SMARTS) is 1. The van der Waals surface area contributed by atoms with E-state index >= 15 is 0 Å². The van der Waals surface area contributed by atoms with Gasteiger partial charge in [-0.15, -0.1) is 0 Å². The lowest BCUT2D eigenvalue weighted by molar-refractivity contribution is 0.0681. The second-order valence-electron chi connectivity index (χ2n) is 3.34. The summed E-state index contributed by atoms with van der Waals surface area (Å²) in [5.74, 6) is -1.14. The number of hydrogen-bond donors (Lipinski definition) is 2. The monoisotopic (exact) mass is 211 g/mol. The maximum absolute atomic E-state index is 11.4. The van der Waals surface area contributed by atoms with Crippen molar-refractivity contribution in [3.05, 3.63) is 34.2 Å². The molecule has 5 heteroatoms. The van der Waals surface area contributed by atoms with E-state index in [1.165, 1.54) is 18.2 Å². The number of aromatic carboxylic acids is 1. The molecule has 0 radical (unpaired) electrons. The molecule has 1 rings (SSSR count). The van der Waals surface area contributed by atoms with Crippen LogP contribution in [0, 0.1) is 0 Å². The molecule has 15 heavy (non-hydrogen) atoms. The number of carbonyl (C=O) groups is 1. The zero-order chi connectivity index (χ0) is 11.4. The molecular weight excluding hydrogens is 198 g/mol. The Hall–Kier alpha value is -1.62. The van der Waals surface area contributed by atoms with Gasteiger partial charge in [-0.2, -0.15) is 0 Å². The molecule has 1 unspecified atom stereocenters. The first kappa shape index (κ1) is 11.5. The van der Waals surface area contributed by atoms with Crippen LogP contribution in [0.25, 0.3) is 0 Å². The molecule has 0 bridgehead atoms. The molecule has 1 atom stereocenters. The predicted molar refractivity (Wildman–Crippen MR) is 54.0 cm³/mol. The Balaban J connectivity index is 3.03. The molecule has 82 valence electrons. The molecule has 0 fully saturated rings. The SMILES string of the molecule is CC(O)CCn1c(C(=O)O)cccc1=O. The van der Waals surface area contributed by atoms with E-state index in [0.717, 1.165) is 4.57 Å². The topological polar surface area (TPSA) is 79.5 Å². The lowest BCUT2D eigenvalue weighted by atomic mass is 10.2. The molecule has 2 N–H and O–H groups in total. The number of aliphatic hydroxyl groups is 1. The van der Waals surface area contributed by atoms with Gasteiger partial charge in [0, 0.05) is 12.6 Å². The van der Waals surface area contributed by atoms with Crippen LogP contribution in [0.1, 0.15) is 23.8 Å². The van der Waals surface area contributed by atoms with E-state index in [-0.39, 0.29) is 17.8 Å². The molecule has 0 amide bonds. The predicted octanol–water partition coefficient (Wildman–Crippen LogP) is 0.317. The standard InChI is InChI=1S/C10H13NO4/c1-7(12)5-6-11-8(10(14)15)3-2-4-9(11)13/h2-4,7,12H,5-6H2,1H3,(H,14,15). The van der Waals surface area contributed by atoms with Crippen LogP contribution >= 0.6 is 0 Å². The molecule has 0 spiro atoms. The quantitative estimate of drug-likeness (QED) is 0.751. The van der Waals surface area contributed by atoms with Gasteiger partial charge in [-0.05, 0) is 19.4 Å². The Labute approximate surface area is 86.6 Å². The number of aliphatic hydroxyl groups excluding tert-OH is 1. The van der Waals surface area contributed by atoms with Crippen molar-refractivity contribution in [3.63, 3.8) is 0 Å². The number of aromatic nitrogens is 1. The van der Waals surface area contributed by atoms with Crippen LogP contribution in [0.3, 0.4) is 0 Å². The van der Waals surface area contributed by atoms with Crippen LogP contribution in [0.2, 0.25) is 0 Å². The lowest BCUT2D eigenvalue weighted by Gasteiger charge is -2.10. The number of carboxylic acids is 1. The fraction of sp³-hybridized carbons (Fsp3) is 0.400. The van der Waals surface area contributed by atoms with E-state index in [0.29, 0.717) is 6.42 Å². The molecule has 1 heterocycles. The molecule has 0 aliphatic carbocycles. The van der Waals surface area contributed by atoms with E-state index in [1.807, 2.05) is 0 Å². The van der Waals surface area contributed by atoms with E-state index in [9.17, 15) is 9.59 Å². The second-order valence-corrected chi connectivity index (χ2v) is 3.34. The number of pyridine rings is 1. The Bertz CT molecular complexity index is 408. The first-order valence-corrected chi connectivity index (χ1v) is 4.63. The summed E-state index contributed by atoms with van der Waals surface area (Å²) in [5, 5.41) is 17.9. The maximum atomic E-state index is 11.4. The Kier molecular flexibility index (Phi) is 3.62. The minimum atomic E-state index is -1.14. The van der Waals surface area contributed by atoms with Crippen LogP contribution < -0.4 is 5.56 Å². The van der Waals surface area contributed by atoms with E-state index in [4.69, 9.17) is 10.2 Å². The molecule has 0 aliphatic rings. The number of nitrogens with zero attached hydrogens (tertiary/aromatic N) is 1. The third-order valence-corrected chi connectivity index (χ3v) is 2.04. The summed E-state index contributed by atoms with van der Waals surface area (Å²) in [4.78, 5) is 22.2. The zero-order valence-electron chi connectivity index (χ0n) is 8.38. The van der Waals surface area contributed by atoms with E-state index < -0.39 is 12.1 Å². The highest BCUT2D eigenvalue weighted by atomic mass is 16.4. The normalized spacial score (nSPS) is 12.4. The van der Waals surface area contributed by atoms with Crippen LogP contribution in [0.5, 0.6) is 0 Å². The first-order chi connectivity index (χ1) is 7.02. The van der Waals surface area contributed by atoms with E-state index in [2.05, 4.69) is 0 Å². The van der Waals surface area contributed by atoms with Gasteiger partial charge >= 0.3 is 5.97 Å². The summed E-state index contributed by atoms with van der Waals surface area (Å²) in [7, 11) is 0. The van der Waals surface area contributed by atoms with Crippen LogP contribution in [0.15, 0.2) is 23.0 Å². The highest BCUT2D eigenvalue weighted by Gasteiger charge is 2.10. The van der Waals surface area contributed by atoms with Gasteiger partial charge in [0.2, 0.25) is 0 Å². The fourth-order valence-electron chi connectivity index (χ4n) is 1.25. The Morgan fingerprint density at radius 1 is 1.53 bits per heavy atom. The average molecular weight is 211 g/mol. The Morgan fingerprint density at radius 3 is 2.73 bits per heavy atom. The van der Waals surface area contributed by atoms with Crippen molar-refractivity contribution >= 4 is 5.97 Å². The third-order valence-electron chi connectivity index (χ3n) is 2.04. The summed E-state index contributed by atoms with van der Waals surface area (Å²) < 4.78 is 1.15. The van der Waals surface area contributed by atoms with Gasteiger partial charge in [-0.1, -0.05) is 6.07 Å². The maximum Gasteiger partial charge on any atom is 0.352 e. The first-order valence-electron chi connectivity index (χ1n) is 4.63. The lowest BCUT2D eigenvalue weighted by Crippen LogP contribution is -2.26. The zero-order valence-corrected chi connectivity index (χ0v) is 8.38. The summed E-state index contributed by atoms with van der Waals surface area (Å²) in [6.45, 7) is 1.80. The minimum absolute atomic E-state index is 0.0526. The summed E-state index contributed by atoms with van der Waals surface area (Å²) in [6, 6.07) is 4.07. The van der Waals surface area contributed by atoms with Gasteiger partial charge in [-0.25, -0.2) is 4.79 Å². The summed E-state index contributed by atoms with van der Waals surface area (Å²) in [5.41, 5.74) is -0.418. The van der Waals surface area contributed by atoms with Crippen LogP contribution in [-0.4, -0.2) is 26.9 Å². The molecule has 1 aromatic heterocycles. The van der Waals surface area contributed by atoms with Gasteiger partial charge in [0.25, 0.3) is 5.56 Å². The molecule has 0 saturated carbocycles. The van der Waals surface area contributed by atoms with Crippen molar-refractivity contribution < 1.29 is 15.0 Å². The average Bonchev–Trinajstić information content (AvgIpc) is 2.15. The van der Waals surface area contributed by atoms with Crippen molar-refractivity contribution in [1.82, 2.24) is 4.57 Å². The molecule has 1 aromatic rings. The fourth-order valence-corrected chi connectivity index (χ4v) is 1.25. The molecular formula is C10H13NO4. The van der Waals surface area contributed by atoms with Gasteiger partial charge in [0.05, 0.1) is 6.10 Å². The second kappa shape index (κ2) is 4.75. The minimum Gasteiger partial charge on any atom is -0.477 e. The van der Waals surface area contributed by atoms with Crippen molar-refractivity contribution in [3.8, 4) is 0 Å². The molecule has 0 aliphatic heterocycles. The van der Waals surface area contributed by atoms with Gasteiger partial charge in [-0.3, -0.25) is 4.79 Å². The summed E-state index contributed by atoms with van der Waals surface area (Å²) in [6.07, 6.45) is -0.205. The molecule has 0 saturated heterocycles. The smallest absolute Gasteiger partial charge is 0.352 e. The largest absolute Gasteiger partial charge is 0.477 e. The molecule has 0 aromatic carbocycles. The highest BCUT2D eigenvalue weighted by Crippen LogP contribution is 2.00. The van der Waals surface area contributed by atoms with Crippen LogP contribution in [-0.2, 0) is 6.54 Å². The van der Waals surface area contributed by atoms with Crippen molar-refractivity contribution in [2.45, 2.75) is 26.0 Å².